The molecule has 1 spiro atoms. The number of phenolic OH excluding ortho intramolecular Hbond substituents is 1. The van der Waals surface area contributed by atoms with Gasteiger partial charge in [0.1, 0.15) is 11.5 Å². The lowest BCUT2D eigenvalue weighted by Gasteiger charge is -2.34. The minimum Gasteiger partial charge on any atom is -0.507 e. The molecule has 0 aliphatic heterocycles. The molecule has 1 aromatic carbocycles. The van der Waals surface area contributed by atoms with Crippen molar-refractivity contribution < 1.29 is 19.4 Å². The van der Waals surface area contributed by atoms with Crippen molar-refractivity contribution in [1.29, 1.82) is 0 Å². The number of ketones is 2. The Bertz CT molecular complexity index is 615. The molecule has 19 heavy (non-hydrogen) atoms. The average molecular weight is 258 g/mol. The molecule has 0 saturated carbocycles. The van der Waals surface area contributed by atoms with Crippen LogP contribution < -0.4 is 0 Å². The molecule has 1 atom stereocenters. The van der Waals surface area contributed by atoms with E-state index in [1.165, 1.54) is 19.3 Å². The molecule has 0 amide bonds. The second-order valence-electron chi connectivity index (χ2n) is 5.08. The molecule has 0 radical (unpaired) electrons. The Hall–Kier alpha value is -2.10. The quantitative estimate of drug-likeness (QED) is 0.837. The lowest BCUT2D eigenvalue weighted by Crippen LogP contribution is -2.37. The fraction of sp³-hybridized carbons (Fsp3) is 0.333. The summed E-state index contributed by atoms with van der Waals surface area (Å²) in [6, 6.07) is 5.07. The summed E-state index contributed by atoms with van der Waals surface area (Å²) in [6.07, 6.45) is 2.75. The molecule has 4 nitrogen and oxygen atoms in total. The zero-order chi connectivity index (χ0) is 13.6. The third kappa shape index (κ3) is 1.52. The molecule has 1 aromatic rings. The normalized spacial score (nSPS) is 25.4. The molecule has 0 saturated heterocycles. The maximum atomic E-state index is 12.7. The van der Waals surface area contributed by atoms with Crippen molar-refractivity contribution in [2.45, 2.75) is 19.3 Å². The van der Waals surface area contributed by atoms with Crippen molar-refractivity contribution in [2.75, 3.05) is 7.11 Å². The lowest BCUT2D eigenvalue weighted by molar-refractivity contribution is -0.115. The third-order valence-corrected chi connectivity index (χ3v) is 4.07. The van der Waals surface area contributed by atoms with Crippen LogP contribution in [0.3, 0.4) is 0 Å². The van der Waals surface area contributed by atoms with Gasteiger partial charge in [0.2, 0.25) is 0 Å². The van der Waals surface area contributed by atoms with Gasteiger partial charge in [-0.15, -0.1) is 0 Å². The van der Waals surface area contributed by atoms with Gasteiger partial charge in [0.15, 0.2) is 11.6 Å². The molecule has 0 aromatic heterocycles. The van der Waals surface area contributed by atoms with Crippen LogP contribution >= 0.6 is 0 Å². The Morgan fingerprint density at radius 1 is 1.32 bits per heavy atom. The van der Waals surface area contributed by atoms with Crippen LogP contribution in [-0.4, -0.2) is 23.8 Å². The van der Waals surface area contributed by atoms with E-state index >= 15 is 0 Å². The molecule has 4 heteroatoms. The van der Waals surface area contributed by atoms with E-state index in [2.05, 4.69) is 0 Å². The number of phenols is 1. The molecule has 0 bridgehead atoms. The molecular weight excluding hydrogens is 244 g/mol. The van der Waals surface area contributed by atoms with Crippen molar-refractivity contribution in [3.63, 3.8) is 0 Å². The van der Waals surface area contributed by atoms with Crippen LogP contribution in [0.4, 0.5) is 0 Å². The van der Waals surface area contributed by atoms with Gasteiger partial charge in [-0.1, -0.05) is 12.1 Å². The first-order valence-electron chi connectivity index (χ1n) is 6.23. The summed E-state index contributed by atoms with van der Waals surface area (Å²) in [6.45, 7) is 0. The smallest absolute Gasteiger partial charge is 0.181 e. The Morgan fingerprint density at radius 3 is 2.84 bits per heavy atom. The molecule has 3 rings (SSSR count). The summed E-state index contributed by atoms with van der Waals surface area (Å²) < 4.78 is 5.24. The van der Waals surface area contributed by atoms with E-state index in [1.54, 1.807) is 6.07 Å². The molecule has 0 heterocycles. The highest BCUT2D eigenvalue weighted by Gasteiger charge is 2.51. The van der Waals surface area contributed by atoms with Crippen LogP contribution in [0.5, 0.6) is 5.75 Å². The van der Waals surface area contributed by atoms with Gasteiger partial charge in [0, 0.05) is 12.5 Å². The molecule has 1 unspecified atom stereocenters. The van der Waals surface area contributed by atoms with Crippen molar-refractivity contribution in [3.05, 3.63) is 41.2 Å². The van der Waals surface area contributed by atoms with Crippen LogP contribution in [0.1, 0.15) is 28.8 Å². The number of ether oxygens (including phenoxy) is 1. The fourth-order valence-electron chi connectivity index (χ4n) is 3.14. The van der Waals surface area contributed by atoms with E-state index in [0.717, 1.165) is 5.56 Å². The van der Waals surface area contributed by atoms with E-state index in [1.807, 2.05) is 6.07 Å². The second kappa shape index (κ2) is 3.95. The van der Waals surface area contributed by atoms with E-state index in [0.29, 0.717) is 24.2 Å². The first-order chi connectivity index (χ1) is 9.08. The van der Waals surface area contributed by atoms with Gasteiger partial charge < -0.3 is 9.84 Å². The monoisotopic (exact) mass is 258 g/mol. The summed E-state index contributed by atoms with van der Waals surface area (Å²) in [4.78, 5) is 24.4. The average Bonchev–Trinajstić information content (AvgIpc) is 2.71. The van der Waals surface area contributed by atoms with Crippen LogP contribution in [0.15, 0.2) is 30.0 Å². The molecule has 2 aliphatic carbocycles. The van der Waals surface area contributed by atoms with Gasteiger partial charge in [-0.05, 0) is 24.5 Å². The largest absolute Gasteiger partial charge is 0.507 e. The zero-order valence-corrected chi connectivity index (χ0v) is 10.6. The van der Waals surface area contributed by atoms with Crippen LogP contribution in [0.25, 0.3) is 0 Å². The van der Waals surface area contributed by atoms with E-state index in [4.69, 9.17) is 4.74 Å². The van der Waals surface area contributed by atoms with E-state index < -0.39 is 5.41 Å². The van der Waals surface area contributed by atoms with Crippen molar-refractivity contribution in [1.82, 2.24) is 0 Å². The summed E-state index contributed by atoms with van der Waals surface area (Å²) in [7, 11) is 1.47. The number of carbonyl (C=O) groups excluding carboxylic acids is 2. The lowest BCUT2D eigenvalue weighted by atomic mass is 9.69. The number of methoxy groups -OCH3 is 1. The third-order valence-electron chi connectivity index (χ3n) is 4.07. The number of aromatic hydroxyl groups is 1. The highest BCUT2D eigenvalue weighted by Crippen LogP contribution is 2.49. The van der Waals surface area contributed by atoms with Gasteiger partial charge in [-0.2, -0.15) is 0 Å². The Morgan fingerprint density at radius 2 is 2.11 bits per heavy atom. The Labute approximate surface area is 110 Å². The molecule has 2 aliphatic rings. The minimum atomic E-state index is -0.905. The highest BCUT2D eigenvalue weighted by atomic mass is 16.5. The maximum absolute atomic E-state index is 12.7. The number of fused-ring (bicyclic) bond motifs is 1. The van der Waals surface area contributed by atoms with Gasteiger partial charge in [0.05, 0.1) is 18.1 Å². The number of aryl methyl sites for hydroxylation is 1. The van der Waals surface area contributed by atoms with Crippen molar-refractivity contribution >= 4 is 11.6 Å². The number of Topliss-reactive ketones (excluding diaryl/α,β-unsaturated/α-hetero) is 1. The second-order valence-corrected chi connectivity index (χ2v) is 5.08. The molecule has 98 valence electrons. The zero-order valence-electron chi connectivity index (χ0n) is 10.6. The first-order valence-corrected chi connectivity index (χ1v) is 6.23. The van der Waals surface area contributed by atoms with Crippen LogP contribution in [-0.2, 0) is 16.0 Å². The standard InChI is InChI=1S/C15H14O4/c1-19-12-7-10(16)8-15(12)6-5-9-3-2-4-11(17)13(9)14(15)18/h2-4,7,17H,5-6,8H2,1H3. The fourth-order valence-corrected chi connectivity index (χ4v) is 3.14. The number of rotatable bonds is 1. The van der Waals surface area contributed by atoms with Crippen LogP contribution in [0, 0.1) is 5.41 Å². The van der Waals surface area contributed by atoms with Gasteiger partial charge in [-0.25, -0.2) is 0 Å². The van der Waals surface area contributed by atoms with Gasteiger partial charge in [-0.3, -0.25) is 9.59 Å². The van der Waals surface area contributed by atoms with Crippen LogP contribution in [0.2, 0.25) is 0 Å². The summed E-state index contributed by atoms with van der Waals surface area (Å²) in [5.41, 5.74) is 0.273. The Balaban J connectivity index is 2.15. The highest BCUT2D eigenvalue weighted by molar-refractivity contribution is 6.11. The minimum absolute atomic E-state index is 0.0172. The summed E-state index contributed by atoms with van der Waals surface area (Å²) in [5, 5.41) is 9.93. The van der Waals surface area contributed by atoms with Gasteiger partial charge in [0.25, 0.3) is 0 Å². The van der Waals surface area contributed by atoms with Crippen molar-refractivity contribution in [2.24, 2.45) is 5.41 Å². The SMILES string of the molecule is COC1=CC(=O)CC12CCc1cccc(O)c1C2=O. The maximum Gasteiger partial charge on any atom is 0.181 e. The van der Waals surface area contributed by atoms with E-state index in [9.17, 15) is 14.7 Å². The number of hydrogen-bond donors (Lipinski definition) is 1. The van der Waals surface area contributed by atoms with Crippen molar-refractivity contribution in [3.8, 4) is 5.75 Å². The number of benzene rings is 1. The number of carbonyl (C=O) groups is 2. The molecule has 0 fully saturated rings. The summed E-state index contributed by atoms with van der Waals surface area (Å²) >= 11 is 0. The summed E-state index contributed by atoms with van der Waals surface area (Å²) in [5.74, 6) is 0.114. The number of hydrogen-bond acceptors (Lipinski definition) is 4. The van der Waals surface area contributed by atoms with Gasteiger partial charge >= 0.3 is 0 Å². The molecule has 1 N–H and O–H groups in total. The number of allylic oxidation sites excluding steroid dienone is 2. The predicted molar refractivity (Wildman–Crippen MR) is 67.9 cm³/mol. The predicted octanol–water partition coefficient (Wildman–Crippen LogP) is 2.01. The topological polar surface area (TPSA) is 63.6 Å². The van der Waals surface area contributed by atoms with E-state index in [-0.39, 0.29) is 23.7 Å². The Kier molecular flexibility index (Phi) is 2.49. The first kappa shape index (κ1) is 12.0. The molecular formula is C15H14O4.